The lowest BCUT2D eigenvalue weighted by Crippen LogP contribution is -2.12. The number of benzene rings is 1. The van der Waals surface area contributed by atoms with Crippen molar-refractivity contribution < 1.29 is 5.11 Å². The summed E-state index contributed by atoms with van der Waals surface area (Å²) >= 11 is 0. The summed E-state index contributed by atoms with van der Waals surface area (Å²) in [5, 5.41) is 10.1. The highest BCUT2D eigenvalue weighted by Crippen LogP contribution is 2.25. The van der Waals surface area contributed by atoms with Gasteiger partial charge in [0.25, 0.3) is 0 Å². The molecule has 1 nitrogen and oxygen atoms in total. The molecule has 0 aliphatic rings. The maximum Gasteiger partial charge on any atom is 0.0546 e. The van der Waals surface area contributed by atoms with Crippen molar-refractivity contribution in [1.29, 1.82) is 0 Å². The van der Waals surface area contributed by atoms with Crippen LogP contribution in [-0.2, 0) is 0 Å². The van der Waals surface area contributed by atoms with Crippen molar-refractivity contribution in [3.05, 3.63) is 35.9 Å². The van der Waals surface area contributed by atoms with Gasteiger partial charge in [0.1, 0.15) is 0 Å². The van der Waals surface area contributed by atoms with Gasteiger partial charge in [-0.15, -0.1) is 0 Å². The van der Waals surface area contributed by atoms with E-state index in [2.05, 4.69) is 52.0 Å². The van der Waals surface area contributed by atoms with E-state index in [9.17, 15) is 5.11 Å². The lowest BCUT2D eigenvalue weighted by molar-refractivity contribution is 0.139. The molecule has 0 saturated carbocycles. The van der Waals surface area contributed by atoms with Crippen molar-refractivity contribution in [2.45, 2.75) is 65.4 Å². The first kappa shape index (κ1) is 15.2. The van der Waals surface area contributed by atoms with Crippen LogP contribution >= 0.6 is 0 Å². The zero-order valence-electron chi connectivity index (χ0n) is 12.3. The Kier molecular flexibility index (Phi) is 5.87. The van der Waals surface area contributed by atoms with Crippen LogP contribution in [0.4, 0.5) is 0 Å². The number of aliphatic hydroxyl groups is 1. The SMILES string of the molecule is CC(CC(O)CCCC(C)(C)C)c1ccccc1. The van der Waals surface area contributed by atoms with Gasteiger partial charge in [0.05, 0.1) is 6.10 Å². The minimum Gasteiger partial charge on any atom is -0.393 e. The van der Waals surface area contributed by atoms with Gasteiger partial charge in [-0.1, -0.05) is 64.4 Å². The minimum absolute atomic E-state index is 0.164. The quantitative estimate of drug-likeness (QED) is 0.769. The Balaban J connectivity index is 2.30. The van der Waals surface area contributed by atoms with Gasteiger partial charge in [0.15, 0.2) is 0 Å². The molecule has 0 aliphatic carbocycles. The van der Waals surface area contributed by atoms with Crippen molar-refractivity contribution >= 4 is 0 Å². The van der Waals surface area contributed by atoms with E-state index in [0.29, 0.717) is 11.3 Å². The standard InChI is InChI=1S/C17H28O/c1-14(15-9-6-5-7-10-15)13-16(18)11-8-12-17(2,3)4/h5-7,9-10,14,16,18H,8,11-13H2,1-4H3. The summed E-state index contributed by atoms with van der Waals surface area (Å²) in [6.45, 7) is 8.96. The molecule has 0 saturated heterocycles. The first-order valence-electron chi connectivity index (χ1n) is 7.11. The molecule has 0 bridgehead atoms. The van der Waals surface area contributed by atoms with Gasteiger partial charge >= 0.3 is 0 Å². The van der Waals surface area contributed by atoms with Crippen molar-refractivity contribution in [2.24, 2.45) is 5.41 Å². The van der Waals surface area contributed by atoms with Crippen LogP contribution in [0.3, 0.4) is 0 Å². The summed E-state index contributed by atoms with van der Waals surface area (Å²) in [6.07, 6.45) is 3.93. The van der Waals surface area contributed by atoms with Crippen LogP contribution in [0.5, 0.6) is 0 Å². The average molecular weight is 248 g/mol. The van der Waals surface area contributed by atoms with Gasteiger partial charge in [-0.3, -0.25) is 0 Å². The number of hydrogen-bond donors (Lipinski definition) is 1. The van der Waals surface area contributed by atoms with Gasteiger partial charge in [0.2, 0.25) is 0 Å². The molecule has 18 heavy (non-hydrogen) atoms. The molecule has 0 spiro atoms. The van der Waals surface area contributed by atoms with Crippen LogP contribution in [-0.4, -0.2) is 11.2 Å². The highest BCUT2D eigenvalue weighted by atomic mass is 16.3. The third kappa shape index (κ3) is 6.20. The molecule has 1 N–H and O–H groups in total. The van der Waals surface area contributed by atoms with Crippen molar-refractivity contribution in [3.8, 4) is 0 Å². The summed E-state index contributed by atoms with van der Waals surface area (Å²) in [5.74, 6) is 0.441. The number of rotatable bonds is 6. The second-order valence-corrected chi connectivity index (χ2v) is 6.65. The van der Waals surface area contributed by atoms with E-state index in [1.54, 1.807) is 0 Å². The topological polar surface area (TPSA) is 20.2 Å². The molecule has 0 radical (unpaired) electrons. The Morgan fingerprint density at radius 3 is 2.28 bits per heavy atom. The first-order chi connectivity index (χ1) is 8.38. The highest BCUT2D eigenvalue weighted by Gasteiger charge is 2.14. The average Bonchev–Trinajstić information content (AvgIpc) is 2.28. The van der Waals surface area contributed by atoms with Gasteiger partial charge < -0.3 is 5.11 Å². The largest absolute Gasteiger partial charge is 0.393 e. The normalized spacial score (nSPS) is 15.4. The Bertz CT molecular complexity index is 323. The Morgan fingerprint density at radius 2 is 1.72 bits per heavy atom. The molecule has 102 valence electrons. The third-order valence-electron chi connectivity index (χ3n) is 3.46. The van der Waals surface area contributed by atoms with E-state index < -0.39 is 0 Å². The fraction of sp³-hybridized carbons (Fsp3) is 0.647. The van der Waals surface area contributed by atoms with Crippen molar-refractivity contribution in [1.82, 2.24) is 0 Å². The Hall–Kier alpha value is -0.820. The molecule has 1 heteroatoms. The number of aliphatic hydroxyl groups excluding tert-OH is 1. The smallest absolute Gasteiger partial charge is 0.0546 e. The predicted molar refractivity (Wildman–Crippen MR) is 78.8 cm³/mol. The zero-order valence-corrected chi connectivity index (χ0v) is 12.3. The van der Waals surface area contributed by atoms with Gasteiger partial charge in [-0.25, -0.2) is 0 Å². The van der Waals surface area contributed by atoms with Crippen LogP contribution in [0.1, 0.15) is 64.9 Å². The summed E-state index contributed by atoms with van der Waals surface area (Å²) in [4.78, 5) is 0. The molecule has 0 fully saturated rings. The van der Waals surface area contributed by atoms with E-state index >= 15 is 0 Å². The third-order valence-corrected chi connectivity index (χ3v) is 3.46. The maximum absolute atomic E-state index is 10.1. The molecule has 0 aromatic heterocycles. The Morgan fingerprint density at radius 1 is 1.11 bits per heavy atom. The van der Waals surface area contributed by atoms with Crippen molar-refractivity contribution in [3.63, 3.8) is 0 Å². The fourth-order valence-electron chi connectivity index (χ4n) is 2.31. The lowest BCUT2D eigenvalue weighted by Gasteiger charge is -2.20. The van der Waals surface area contributed by atoms with Gasteiger partial charge in [0, 0.05) is 0 Å². The molecule has 2 unspecified atom stereocenters. The Labute approximate surface area is 112 Å². The molecular weight excluding hydrogens is 220 g/mol. The van der Waals surface area contributed by atoms with E-state index in [4.69, 9.17) is 0 Å². The molecule has 0 aliphatic heterocycles. The van der Waals surface area contributed by atoms with Crippen LogP contribution in [0, 0.1) is 5.41 Å². The highest BCUT2D eigenvalue weighted by molar-refractivity contribution is 5.18. The molecule has 1 rings (SSSR count). The van der Waals surface area contributed by atoms with E-state index in [1.165, 1.54) is 12.0 Å². The summed E-state index contributed by atoms with van der Waals surface area (Å²) < 4.78 is 0. The predicted octanol–water partition coefficient (Wildman–Crippen LogP) is 4.76. The van der Waals surface area contributed by atoms with Crippen LogP contribution in [0.15, 0.2) is 30.3 Å². The molecule has 0 heterocycles. The summed E-state index contributed by atoms with van der Waals surface area (Å²) in [6, 6.07) is 10.5. The molecule has 0 amide bonds. The van der Waals surface area contributed by atoms with Crippen LogP contribution in [0.25, 0.3) is 0 Å². The fourth-order valence-corrected chi connectivity index (χ4v) is 2.31. The van der Waals surface area contributed by atoms with Crippen LogP contribution in [0.2, 0.25) is 0 Å². The lowest BCUT2D eigenvalue weighted by atomic mass is 9.87. The van der Waals surface area contributed by atoms with E-state index in [1.807, 2.05) is 6.07 Å². The minimum atomic E-state index is -0.164. The van der Waals surface area contributed by atoms with Crippen LogP contribution < -0.4 is 0 Å². The molecule has 1 aromatic rings. The first-order valence-corrected chi connectivity index (χ1v) is 7.11. The monoisotopic (exact) mass is 248 g/mol. The second kappa shape index (κ2) is 6.94. The zero-order chi connectivity index (χ0) is 13.6. The summed E-state index contributed by atoms with van der Waals surface area (Å²) in [7, 11) is 0. The molecule has 2 atom stereocenters. The molecule has 1 aromatic carbocycles. The number of hydrogen-bond acceptors (Lipinski definition) is 1. The van der Waals surface area contributed by atoms with E-state index in [-0.39, 0.29) is 6.10 Å². The van der Waals surface area contributed by atoms with Gasteiger partial charge in [-0.2, -0.15) is 0 Å². The second-order valence-electron chi connectivity index (χ2n) is 6.65. The maximum atomic E-state index is 10.1. The van der Waals surface area contributed by atoms with E-state index in [0.717, 1.165) is 19.3 Å². The van der Waals surface area contributed by atoms with Gasteiger partial charge in [-0.05, 0) is 36.2 Å². The summed E-state index contributed by atoms with van der Waals surface area (Å²) in [5.41, 5.74) is 1.71. The molecular formula is C17H28O. The van der Waals surface area contributed by atoms with Crippen molar-refractivity contribution in [2.75, 3.05) is 0 Å².